The topological polar surface area (TPSA) is 50.9 Å². The van der Waals surface area contributed by atoms with Crippen molar-refractivity contribution in [1.29, 1.82) is 0 Å². The van der Waals surface area contributed by atoms with Crippen LogP contribution < -0.4 is 0 Å². The molecule has 2 aromatic carbocycles. The van der Waals surface area contributed by atoms with Crippen LogP contribution in [-0.4, -0.2) is 20.1 Å². The lowest BCUT2D eigenvalue weighted by Crippen LogP contribution is -2.10. The maximum Gasteiger partial charge on any atom is 0.146 e. The Hall–Kier alpha value is -2.36. The highest BCUT2D eigenvalue weighted by atomic mass is 16.3. The van der Waals surface area contributed by atoms with E-state index >= 15 is 0 Å². The Balaban J connectivity index is 2.19. The number of benzene rings is 2. The molecule has 4 heteroatoms. The molecule has 28 heavy (non-hydrogen) atoms. The molecular weight excluding hydrogens is 346 g/mol. The molecule has 1 aromatic heterocycles. The van der Waals surface area contributed by atoms with Crippen LogP contribution in [0.3, 0.4) is 0 Å². The van der Waals surface area contributed by atoms with Crippen LogP contribution in [0.25, 0.3) is 16.7 Å². The van der Waals surface area contributed by atoms with Crippen LogP contribution in [0.15, 0.2) is 30.3 Å². The molecule has 0 aliphatic heterocycles. The van der Waals surface area contributed by atoms with Gasteiger partial charge in [0.15, 0.2) is 0 Å². The van der Waals surface area contributed by atoms with Gasteiger partial charge in [0.25, 0.3) is 0 Å². The fourth-order valence-electron chi connectivity index (χ4n) is 3.42. The number of aromatic nitrogens is 3. The SMILES string of the molecule is CCC(C)c1cc(C(C)CC)c(O)c(-n2nc3ccc(C(C)(C)C)cc3n2)c1. The molecule has 3 rings (SSSR count). The molecule has 0 bridgehead atoms. The molecule has 0 aliphatic rings. The Bertz CT molecular complexity index is 981. The normalized spacial score (nSPS) is 14.4. The zero-order chi connectivity index (χ0) is 20.6. The van der Waals surface area contributed by atoms with Gasteiger partial charge in [-0.15, -0.1) is 15.0 Å². The number of phenolic OH excluding ortho intramolecular Hbond substituents is 1. The van der Waals surface area contributed by atoms with Gasteiger partial charge in [0.2, 0.25) is 0 Å². The molecule has 3 aromatic rings. The van der Waals surface area contributed by atoms with Gasteiger partial charge >= 0.3 is 0 Å². The van der Waals surface area contributed by atoms with E-state index in [1.54, 1.807) is 4.80 Å². The quantitative estimate of drug-likeness (QED) is 0.554. The summed E-state index contributed by atoms with van der Waals surface area (Å²) in [7, 11) is 0. The molecule has 2 atom stereocenters. The number of aromatic hydroxyl groups is 1. The van der Waals surface area contributed by atoms with Crippen LogP contribution >= 0.6 is 0 Å². The van der Waals surface area contributed by atoms with Crippen LogP contribution in [0.5, 0.6) is 5.75 Å². The van der Waals surface area contributed by atoms with E-state index in [9.17, 15) is 5.11 Å². The van der Waals surface area contributed by atoms with Crippen molar-refractivity contribution in [1.82, 2.24) is 15.0 Å². The predicted molar refractivity (Wildman–Crippen MR) is 117 cm³/mol. The number of fused-ring (bicyclic) bond motifs is 1. The van der Waals surface area contributed by atoms with Gasteiger partial charge in [-0.2, -0.15) is 0 Å². The van der Waals surface area contributed by atoms with E-state index in [1.807, 2.05) is 12.1 Å². The number of phenols is 1. The minimum absolute atomic E-state index is 0.0559. The number of hydrogen-bond donors (Lipinski definition) is 1. The average Bonchev–Trinajstić information content (AvgIpc) is 3.09. The lowest BCUT2D eigenvalue weighted by Gasteiger charge is -2.19. The summed E-state index contributed by atoms with van der Waals surface area (Å²) in [4.78, 5) is 1.60. The molecular formula is C24H33N3O. The zero-order valence-electron chi connectivity index (χ0n) is 18.2. The van der Waals surface area contributed by atoms with Crippen molar-refractivity contribution in [2.24, 2.45) is 0 Å². The predicted octanol–water partition coefficient (Wildman–Crippen LogP) is 6.45. The van der Waals surface area contributed by atoms with Gasteiger partial charge in [0.05, 0.1) is 0 Å². The largest absolute Gasteiger partial charge is 0.505 e. The van der Waals surface area contributed by atoms with Gasteiger partial charge in [0.1, 0.15) is 22.5 Å². The van der Waals surface area contributed by atoms with Crippen LogP contribution in [0.1, 0.15) is 89.8 Å². The summed E-state index contributed by atoms with van der Waals surface area (Å²) in [6.07, 6.45) is 2.02. The molecule has 0 spiro atoms. The first-order chi connectivity index (χ1) is 13.2. The molecule has 1 heterocycles. The van der Waals surface area contributed by atoms with Gasteiger partial charge in [-0.05, 0) is 65.0 Å². The fraction of sp³-hybridized carbons (Fsp3) is 0.500. The van der Waals surface area contributed by atoms with Crippen LogP contribution in [0, 0.1) is 0 Å². The van der Waals surface area contributed by atoms with E-state index < -0.39 is 0 Å². The Morgan fingerprint density at radius 1 is 0.929 bits per heavy atom. The van der Waals surface area contributed by atoms with E-state index in [2.05, 4.69) is 71.8 Å². The van der Waals surface area contributed by atoms with Crippen molar-refractivity contribution in [2.75, 3.05) is 0 Å². The summed E-state index contributed by atoms with van der Waals surface area (Å²) in [6.45, 7) is 15.3. The first-order valence-corrected chi connectivity index (χ1v) is 10.4. The third-order valence-electron chi connectivity index (χ3n) is 5.93. The summed E-state index contributed by atoms with van der Waals surface area (Å²) in [6, 6.07) is 10.4. The summed E-state index contributed by atoms with van der Waals surface area (Å²) in [5, 5.41) is 20.4. The third-order valence-corrected chi connectivity index (χ3v) is 5.93. The molecule has 0 radical (unpaired) electrons. The van der Waals surface area contributed by atoms with Crippen LogP contribution in [-0.2, 0) is 5.41 Å². The first kappa shape index (κ1) is 20.4. The Morgan fingerprint density at radius 3 is 2.18 bits per heavy atom. The first-order valence-electron chi connectivity index (χ1n) is 10.4. The third kappa shape index (κ3) is 3.78. The molecule has 2 unspecified atom stereocenters. The Morgan fingerprint density at radius 2 is 1.57 bits per heavy atom. The van der Waals surface area contributed by atoms with Crippen molar-refractivity contribution < 1.29 is 5.11 Å². The van der Waals surface area contributed by atoms with Gasteiger partial charge < -0.3 is 5.11 Å². The molecule has 0 saturated carbocycles. The van der Waals surface area contributed by atoms with Crippen molar-refractivity contribution >= 4 is 11.0 Å². The fourth-order valence-corrected chi connectivity index (χ4v) is 3.42. The lowest BCUT2D eigenvalue weighted by atomic mass is 9.87. The van der Waals surface area contributed by atoms with Gasteiger partial charge in [-0.3, -0.25) is 0 Å². The van der Waals surface area contributed by atoms with Crippen LogP contribution in [0.2, 0.25) is 0 Å². The Labute approximate surface area is 168 Å². The highest BCUT2D eigenvalue weighted by molar-refractivity contribution is 5.75. The summed E-state index contributed by atoms with van der Waals surface area (Å²) in [5.41, 5.74) is 5.85. The highest BCUT2D eigenvalue weighted by Crippen LogP contribution is 2.37. The van der Waals surface area contributed by atoms with Crippen molar-refractivity contribution in [3.8, 4) is 11.4 Å². The summed E-state index contributed by atoms with van der Waals surface area (Å²) < 4.78 is 0. The smallest absolute Gasteiger partial charge is 0.146 e. The number of nitrogens with zero attached hydrogens (tertiary/aromatic N) is 3. The van der Waals surface area contributed by atoms with E-state index in [-0.39, 0.29) is 17.1 Å². The number of rotatable bonds is 5. The molecule has 0 saturated heterocycles. The maximum absolute atomic E-state index is 11.0. The molecule has 4 nitrogen and oxygen atoms in total. The van der Waals surface area contributed by atoms with Crippen molar-refractivity contribution in [3.05, 3.63) is 47.0 Å². The van der Waals surface area contributed by atoms with Gasteiger partial charge in [-0.25, -0.2) is 0 Å². The second-order valence-corrected chi connectivity index (χ2v) is 9.04. The monoisotopic (exact) mass is 379 g/mol. The molecule has 1 N–H and O–H groups in total. The lowest BCUT2D eigenvalue weighted by molar-refractivity contribution is 0.454. The van der Waals surface area contributed by atoms with Crippen molar-refractivity contribution in [2.45, 2.75) is 78.6 Å². The minimum atomic E-state index is 0.0559. The minimum Gasteiger partial charge on any atom is -0.505 e. The Kier molecular flexibility index (Phi) is 5.51. The summed E-state index contributed by atoms with van der Waals surface area (Å²) in [5.74, 6) is 0.984. The molecule has 0 amide bonds. The number of hydrogen-bond acceptors (Lipinski definition) is 3. The van der Waals surface area contributed by atoms with E-state index in [0.717, 1.165) is 29.4 Å². The highest BCUT2D eigenvalue weighted by Gasteiger charge is 2.20. The van der Waals surface area contributed by atoms with Gasteiger partial charge in [0, 0.05) is 0 Å². The second kappa shape index (κ2) is 7.57. The van der Waals surface area contributed by atoms with E-state index in [1.165, 1.54) is 11.1 Å². The standard InChI is InChI=1S/C24H33N3O/c1-8-15(3)17-12-19(16(4)9-2)23(28)22(13-17)27-25-20-11-10-18(24(5,6)7)14-21(20)26-27/h10-16,28H,8-9H2,1-7H3. The van der Waals surface area contributed by atoms with Crippen molar-refractivity contribution in [3.63, 3.8) is 0 Å². The molecule has 150 valence electrons. The van der Waals surface area contributed by atoms with E-state index in [0.29, 0.717) is 11.6 Å². The van der Waals surface area contributed by atoms with Crippen LogP contribution in [0.4, 0.5) is 0 Å². The summed E-state index contributed by atoms with van der Waals surface area (Å²) >= 11 is 0. The molecule has 0 aliphatic carbocycles. The average molecular weight is 380 g/mol. The second-order valence-electron chi connectivity index (χ2n) is 9.04. The maximum atomic E-state index is 11.0. The molecule has 0 fully saturated rings. The van der Waals surface area contributed by atoms with E-state index in [4.69, 9.17) is 5.10 Å². The zero-order valence-corrected chi connectivity index (χ0v) is 18.2. The van der Waals surface area contributed by atoms with Gasteiger partial charge in [-0.1, -0.05) is 60.6 Å².